The molecule has 1 aliphatic heterocycles. The Labute approximate surface area is 103 Å². The van der Waals surface area contributed by atoms with Crippen molar-refractivity contribution in [2.24, 2.45) is 11.7 Å². The van der Waals surface area contributed by atoms with Crippen LogP contribution in [0.4, 0.5) is 0 Å². The molecule has 1 heterocycles. The molecule has 2 saturated carbocycles. The number of carbonyl (C=O) groups is 1. The van der Waals surface area contributed by atoms with Gasteiger partial charge in [0.05, 0.1) is 0 Å². The van der Waals surface area contributed by atoms with Gasteiger partial charge in [-0.05, 0) is 31.6 Å². The number of nitrogens with two attached hydrogens (primary N) is 1. The highest BCUT2D eigenvalue weighted by Gasteiger charge is 2.34. The summed E-state index contributed by atoms with van der Waals surface area (Å²) < 4.78 is 0. The van der Waals surface area contributed by atoms with E-state index in [2.05, 4.69) is 4.90 Å². The van der Waals surface area contributed by atoms with Crippen molar-refractivity contribution >= 4 is 5.91 Å². The molecule has 1 amide bonds. The first-order valence-electron chi connectivity index (χ1n) is 7.01. The van der Waals surface area contributed by atoms with Crippen LogP contribution in [0.1, 0.15) is 32.1 Å². The van der Waals surface area contributed by atoms with Gasteiger partial charge in [0, 0.05) is 44.7 Å². The number of rotatable bonds is 4. The first-order valence-corrected chi connectivity index (χ1v) is 7.01. The third-order valence-corrected chi connectivity index (χ3v) is 4.37. The molecule has 17 heavy (non-hydrogen) atoms. The molecule has 4 nitrogen and oxygen atoms in total. The Balaban J connectivity index is 1.43. The molecule has 2 N–H and O–H groups in total. The zero-order valence-electron chi connectivity index (χ0n) is 10.5. The standard InChI is InChI=1S/C13H23N3O/c14-12(10-1-2-10)9-13(17)16-7-5-15(6-8-16)11-3-4-11/h10-12H,1-9,14H2. The van der Waals surface area contributed by atoms with Crippen molar-refractivity contribution in [2.45, 2.75) is 44.2 Å². The van der Waals surface area contributed by atoms with Crippen molar-refractivity contribution < 1.29 is 4.79 Å². The molecule has 3 aliphatic rings. The lowest BCUT2D eigenvalue weighted by molar-refractivity contribution is -0.133. The predicted octanol–water partition coefficient (Wildman–Crippen LogP) is 0.420. The highest BCUT2D eigenvalue weighted by molar-refractivity contribution is 5.77. The summed E-state index contributed by atoms with van der Waals surface area (Å²) in [6, 6.07) is 0.949. The molecule has 0 bridgehead atoms. The zero-order chi connectivity index (χ0) is 11.8. The van der Waals surface area contributed by atoms with Crippen LogP contribution in [-0.4, -0.2) is 54.0 Å². The van der Waals surface area contributed by atoms with Gasteiger partial charge in [0.15, 0.2) is 0 Å². The van der Waals surface area contributed by atoms with E-state index in [1.165, 1.54) is 25.7 Å². The van der Waals surface area contributed by atoms with E-state index < -0.39 is 0 Å². The van der Waals surface area contributed by atoms with Crippen molar-refractivity contribution in [3.63, 3.8) is 0 Å². The van der Waals surface area contributed by atoms with E-state index in [1.807, 2.05) is 4.90 Å². The lowest BCUT2D eigenvalue weighted by Gasteiger charge is -2.35. The highest BCUT2D eigenvalue weighted by atomic mass is 16.2. The first kappa shape index (κ1) is 11.5. The Morgan fingerprint density at radius 3 is 2.29 bits per heavy atom. The Morgan fingerprint density at radius 1 is 1.12 bits per heavy atom. The van der Waals surface area contributed by atoms with Crippen LogP contribution in [0.25, 0.3) is 0 Å². The minimum absolute atomic E-state index is 0.115. The van der Waals surface area contributed by atoms with Crippen LogP contribution in [0.2, 0.25) is 0 Å². The molecular formula is C13H23N3O. The topological polar surface area (TPSA) is 49.6 Å². The molecule has 0 aromatic rings. The summed E-state index contributed by atoms with van der Waals surface area (Å²) >= 11 is 0. The Kier molecular flexibility index (Phi) is 3.09. The molecule has 3 fully saturated rings. The largest absolute Gasteiger partial charge is 0.340 e. The van der Waals surface area contributed by atoms with Crippen molar-refractivity contribution in [3.8, 4) is 0 Å². The fourth-order valence-corrected chi connectivity index (χ4v) is 2.80. The van der Waals surface area contributed by atoms with Gasteiger partial charge in [0.1, 0.15) is 0 Å². The third-order valence-electron chi connectivity index (χ3n) is 4.37. The van der Waals surface area contributed by atoms with Crippen molar-refractivity contribution in [1.82, 2.24) is 9.80 Å². The van der Waals surface area contributed by atoms with E-state index in [1.54, 1.807) is 0 Å². The van der Waals surface area contributed by atoms with Crippen molar-refractivity contribution in [1.29, 1.82) is 0 Å². The second kappa shape index (κ2) is 4.58. The van der Waals surface area contributed by atoms with Gasteiger partial charge in [0.2, 0.25) is 5.91 Å². The fraction of sp³-hybridized carbons (Fsp3) is 0.923. The molecule has 0 spiro atoms. The Bertz CT molecular complexity index is 291. The second-order valence-corrected chi connectivity index (χ2v) is 5.85. The molecule has 4 heteroatoms. The van der Waals surface area contributed by atoms with Gasteiger partial charge in [-0.25, -0.2) is 0 Å². The van der Waals surface area contributed by atoms with Gasteiger partial charge in [0.25, 0.3) is 0 Å². The minimum atomic E-state index is 0.115. The smallest absolute Gasteiger partial charge is 0.224 e. The van der Waals surface area contributed by atoms with Crippen LogP contribution < -0.4 is 5.73 Å². The predicted molar refractivity (Wildman–Crippen MR) is 66.5 cm³/mol. The van der Waals surface area contributed by atoms with Crippen LogP contribution in [0.15, 0.2) is 0 Å². The summed E-state index contributed by atoms with van der Waals surface area (Å²) in [5, 5.41) is 0. The van der Waals surface area contributed by atoms with Gasteiger partial charge >= 0.3 is 0 Å². The van der Waals surface area contributed by atoms with E-state index >= 15 is 0 Å². The average molecular weight is 237 g/mol. The van der Waals surface area contributed by atoms with Crippen LogP contribution >= 0.6 is 0 Å². The number of amides is 1. The molecule has 3 rings (SSSR count). The summed E-state index contributed by atoms with van der Waals surface area (Å²) in [6.07, 6.45) is 5.74. The summed E-state index contributed by atoms with van der Waals surface area (Å²) in [5.74, 6) is 0.909. The molecule has 0 radical (unpaired) electrons. The number of piperazine rings is 1. The van der Waals surface area contributed by atoms with Gasteiger partial charge < -0.3 is 10.6 Å². The summed E-state index contributed by atoms with van der Waals surface area (Å²) in [6.45, 7) is 3.95. The molecule has 1 unspecified atom stereocenters. The maximum atomic E-state index is 12.1. The van der Waals surface area contributed by atoms with Crippen LogP contribution in [0, 0.1) is 5.92 Å². The van der Waals surface area contributed by atoms with E-state index in [9.17, 15) is 4.79 Å². The molecule has 0 aromatic carbocycles. The zero-order valence-corrected chi connectivity index (χ0v) is 10.5. The van der Waals surface area contributed by atoms with Crippen molar-refractivity contribution in [2.75, 3.05) is 26.2 Å². The van der Waals surface area contributed by atoms with Crippen LogP contribution in [0.5, 0.6) is 0 Å². The number of carbonyl (C=O) groups excluding carboxylic acids is 1. The van der Waals surface area contributed by atoms with Gasteiger partial charge in [-0.3, -0.25) is 9.69 Å². The van der Waals surface area contributed by atoms with E-state index in [0.717, 1.165) is 32.2 Å². The van der Waals surface area contributed by atoms with E-state index in [4.69, 9.17) is 5.73 Å². The average Bonchev–Trinajstić information content (AvgIpc) is 3.20. The summed E-state index contributed by atoms with van der Waals surface area (Å²) in [5.41, 5.74) is 6.01. The van der Waals surface area contributed by atoms with E-state index in [-0.39, 0.29) is 11.9 Å². The quantitative estimate of drug-likeness (QED) is 0.771. The summed E-state index contributed by atoms with van der Waals surface area (Å²) in [7, 11) is 0. The lowest BCUT2D eigenvalue weighted by Crippen LogP contribution is -2.50. The maximum absolute atomic E-state index is 12.1. The number of nitrogens with zero attached hydrogens (tertiary/aromatic N) is 2. The first-order chi connectivity index (χ1) is 8.24. The normalized spacial score (nSPS) is 28.2. The van der Waals surface area contributed by atoms with Crippen molar-refractivity contribution in [3.05, 3.63) is 0 Å². The Morgan fingerprint density at radius 2 is 1.76 bits per heavy atom. The fourth-order valence-electron chi connectivity index (χ4n) is 2.80. The monoisotopic (exact) mass is 237 g/mol. The Hall–Kier alpha value is -0.610. The molecule has 1 saturated heterocycles. The molecule has 0 aromatic heterocycles. The third kappa shape index (κ3) is 2.80. The summed E-state index contributed by atoms with van der Waals surface area (Å²) in [4.78, 5) is 16.6. The molecule has 96 valence electrons. The highest BCUT2D eigenvalue weighted by Crippen LogP contribution is 2.33. The van der Waals surface area contributed by atoms with Gasteiger partial charge in [-0.15, -0.1) is 0 Å². The van der Waals surface area contributed by atoms with Gasteiger partial charge in [-0.2, -0.15) is 0 Å². The van der Waals surface area contributed by atoms with Crippen LogP contribution in [-0.2, 0) is 4.79 Å². The molecular weight excluding hydrogens is 214 g/mol. The SMILES string of the molecule is NC(CC(=O)N1CCN(C2CC2)CC1)C1CC1. The minimum Gasteiger partial charge on any atom is -0.340 e. The van der Waals surface area contributed by atoms with E-state index in [0.29, 0.717) is 12.3 Å². The lowest BCUT2D eigenvalue weighted by atomic mass is 10.1. The van der Waals surface area contributed by atoms with Gasteiger partial charge in [-0.1, -0.05) is 0 Å². The number of hydrogen-bond acceptors (Lipinski definition) is 3. The maximum Gasteiger partial charge on any atom is 0.224 e. The van der Waals surface area contributed by atoms with Crippen LogP contribution in [0.3, 0.4) is 0 Å². The molecule has 2 aliphatic carbocycles. The molecule has 1 atom stereocenters. The second-order valence-electron chi connectivity index (χ2n) is 5.85. The number of hydrogen-bond donors (Lipinski definition) is 1.